The van der Waals surface area contributed by atoms with Crippen molar-refractivity contribution in [1.29, 1.82) is 0 Å². The molecule has 2 aromatic carbocycles. The third-order valence-corrected chi connectivity index (χ3v) is 4.74. The number of hydrogen-bond donors (Lipinski definition) is 1. The number of fused-ring (bicyclic) bond motifs is 1. The highest BCUT2D eigenvalue weighted by atomic mass is 16.5. The number of pyridine rings is 1. The van der Waals surface area contributed by atoms with Crippen LogP contribution in [0.1, 0.15) is 28.4 Å². The predicted molar refractivity (Wildman–Crippen MR) is 109 cm³/mol. The summed E-state index contributed by atoms with van der Waals surface area (Å²) in [5, 5.41) is 0.948. The number of aromatic amines is 1. The molecule has 1 aromatic heterocycles. The van der Waals surface area contributed by atoms with Gasteiger partial charge in [-0.15, -0.1) is 0 Å². The van der Waals surface area contributed by atoms with Gasteiger partial charge in [0.2, 0.25) is 0 Å². The Bertz CT molecular complexity index is 1070. The summed E-state index contributed by atoms with van der Waals surface area (Å²) in [6.07, 6.45) is 0. The predicted octanol–water partition coefficient (Wildman–Crippen LogP) is 3.52. The normalized spacial score (nSPS) is 10.7. The zero-order valence-electron chi connectivity index (χ0n) is 16.5. The molecular weight excluding hydrogens is 356 g/mol. The number of hydrogen-bond acceptors (Lipinski definition) is 4. The molecule has 3 aromatic rings. The molecule has 0 unspecified atom stereocenters. The first-order chi connectivity index (χ1) is 13.5. The summed E-state index contributed by atoms with van der Waals surface area (Å²) in [6, 6.07) is 12.8. The van der Waals surface area contributed by atoms with Crippen LogP contribution in [-0.2, 0) is 6.54 Å². The maximum atomic E-state index is 13.0. The van der Waals surface area contributed by atoms with Crippen molar-refractivity contribution in [2.75, 3.05) is 20.8 Å². The van der Waals surface area contributed by atoms with Gasteiger partial charge in [-0.3, -0.25) is 9.59 Å². The first-order valence-corrected chi connectivity index (χ1v) is 9.10. The molecule has 0 saturated heterocycles. The van der Waals surface area contributed by atoms with Gasteiger partial charge in [0.05, 0.1) is 20.8 Å². The van der Waals surface area contributed by atoms with E-state index in [0.717, 1.165) is 16.5 Å². The second-order valence-corrected chi connectivity index (χ2v) is 6.60. The lowest BCUT2D eigenvalue weighted by molar-refractivity contribution is 0.0751. The van der Waals surface area contributed by atoms with Gasteiger partial charge in [-0.2, -0.15) is 0 Å². The third-order valence-electron chi connectivity index (χ3n) is 4.74. The quantitative estimate of drug-likeness (QED) is 0.710. The molecule has 1 N–H and O–H groups in total. The zero-order valence-corrected chi connectivity index (χ0v) is 16.5. The lowest BCUT2D eigenvalue weighted by atomic mass is 10.1. The molecule has 1 heterocycles. The van der Waals surface area contributed by atoms with E-state index in [-0.39, 0.29) is 18.0 Å². The highest BCUT2D eigenvalue weighted by Crippen LogP contribution is 2.28. The average Bonchev–Trinajstić information content (AvgIpc) is 2.71. The van der Waals surface area contributed by atoms with Crippen molar-refractivity contribution in [3.05, 3.63) is 69.5 Å². The van der Waals surface area contributed by atoms with E-state index in [1.54, 1.807) is 30.2 Å². The number of benzene rings is 2. The Morgan fingerprint density at radius 2 is 1.79 bits per heavy atom. The number of ether oxygens (including phenoxy) is 2. The van der Waals surface area contributed by atoms with E-state index < -0.39 is 0 Å². The van der Waals surface area contributed by atoms with E-state index in [2.05, 4.69) is 4.98 Å². The summed E-state index contributed by atoms with van der Waals surface area (Å²) < 4.78 is 10.5. The molecule has 0 radical (unpaired) electrons. The molecular formula is C22H24N2O4. The molecule has 3 rings (SSSR count). The van der Waals surface area contributed by atoms with Crippen LogP contribution in [0.5, 0.6) is 11.5 Å². The van der Waals surface area contributed by atoms with Crippen LogP contribution < -0.4 is 15.0 Å². The van der Waals surface area contributed by atoms with Gasteiger partial charge in [0, 0.05) is 23.2 Å². The minimum Gasteiger partial charge on any atom is -0.493 e. The Morgan fingerprint density at radius 1 is 1.04 bits per heavy atom. The van der Waals surface area contributed by atoms with Crippen molar-refractivity contribution in [3.63, 3.8) is 0 Å². The molecule has 28 heavy (non-hydrogen) atoms. The van der Waals surface area contributed by atoms with E-state index in [0.29, 0.717) is 29.2 Å². The first-order valence-electron chi connectivity index (χ1n) is 9.10. The van der Waals surface area contributed by atoms with Crippen LogP contribution in [0.15, 0.2) is 47.3 Å². The van der Waals surface area contributed by atoms with E-state index >= 15 is 0 Å². The Balaban J connectivity index is 1.92. The smallest absolute Gasteiger partial charge is 0.254 e. The topological polar surface area (TPSA) is 71.6 Å². The van der Waals surface area contributed by atoms with Crippen LogP contribution in [0.25, 0.3) is 10.9 Å². The first kappa shape index (κ1) is 19.5. The summed E-state index contributed by atoms with van der Waals surface area (Å²) in [6.45, 7) is 4.59. The SMILES string of the molecule is CCN(Cc1cc2cc(C)ccc2[nH]c1=O)C(=O)c1ccc(OC)c(OC)c1. The molecule has 0 aliphatic rings. The minimum absolute atomic E-state index is 0.174. The van der Waals surface area contributed by atoms with Crippen LogP contribution >= 0.6 is 0 Å². The van der Waals surface area contributed by atoms with Gasteiger partial charge in [-0.05, 0) is 55.6 Å². The van der Waals surface area contributed by atoms with Crippen molar-refractivity contribution in [2.45, 2.75) is 20.4 Å². The minimum atomic E-state index is -0.185. The van der Waals surface area contributed by atoms with Crippen LogP contribution in [0.4, 0.5) is 0 Å². The van der Waals surface area contributed by atoms with Crippen molar-refractivity contribution < 1.29 is 14.3 Å². The number of carbonyl (C=O) groups is 1. The largest absolute Gasteiger partial charge is 0.493 e. The average molecular weight is 380 g/mol. The molecule has 0 aliphatic heterocycles. The molecule has 6 heteroatoms. The molecule has 0 saturated carbocycles. The van der Waals surface area contributed by atoms with Crippen LogP contribution in [0.3, 0.4) is 0 Å². The lowest BCUT2D eigenvalue weighted by Crippen LogP contribution is -2.32. The van der Waals surface area contributed by atoms with Crippen LogP contribution in [0.2, 0.25) is 0 Å². The zero-order chi connectivity index (χ0) is 20.3. The van der Waals surface area contributed by atoms with Crippen molar-refractivity contribution >= 4 is 16.8 Å². The van der Waals surface area contributed by atoms with Gasteiger partial charge in [-0.1, -0.05) is 11.6 Å². The fraction of sp³-hybridized carbons (Fsp3) is 0.273. The Labute approximate surface area is 163 Å². The number of aromatic nitrogens is 1. The number of rotatable bonds is 6. The number of H-pyrrole nitrogens is 1. The second-order valence-electron chi connectivity index (χ2n) is 6.60. The Hall–Kier alpha value is -3.28. The molecule has 1 amide bonds. The van der Waals surface area contributed by atoms with Gasteiger partial charge in [0.15, 0.2) is 11.5 Å². The van der Waals surface area contributed by atoms with Gasteiger partial charge < -0.3 is 19.4 Å². The van der Waals surface area contributed by atoms with Crippen molar-refractivity contribution in [3.8, 4) is 11.5 Å². The molecule has 0 bridgehead atoms. The molecule has 0 aliphatic carbocycles. The number of nitrogens with zero attached hydrogens (tertiary/aromatic N) is 1. The Morgan fingerprint density at radius 3 is 2.46 bits per heavy atom. The second kappa shape index (κ2) is 8.17. The van der Waals surface area contributed by atoms with E-state index in [4.69, 9.17) is 9.47 Å². The van der Waals surface area contributed by atoms with Crippen LogP contribution in [-0.4, -0.2) is 36.6 Å². The summed E-state index contributed by atoms with van der Waals surface area (Å²) in [4.78, 5) is 30.0. The van der Waals surface area contributed by atoms with Gasteiger partial charge >= 0.3 is 0 Å². The third kappa shape index (κ3) is 3.86. The van der Waals surface area contributed by atoms with E-state index in [1.807, 2.05) is 38.1 Å². The van der Waals surface area contributed by atoms with Crippen molar-refractivity contribution in [1.82, 2.24) is 9.88 Å². The lowest BCUT2D eigenvalue weighted by Gasteiger charge is -2.21. The van der Waals surface area contributed by atoms with Gasteiger partial charge in [0.25, 0.3) is 11.5 Å². The monoisotopic (exact) mass is 380 g/mol. The van der Waals surface area contributed by atoms with Gasteiger partial charge in [0.1, 0.15) is 0 Å². The molecule has 0 atom stereocenters. The summed E-state index contributed by atoms with van der Waals surface area (Å²) in [7, 11) is 3.08. The highest BCUT2D eigenvalue weighted by molar-refractivity contribution is 5.95. The molecule has 0 spiro atoms. The van der Waals surface area contributed by atoms with Gasteiger partial charge in [-0.25, -0.2) is 0 Å². The van der Waals surface area contributed by atoms with Crippen LogP contribution in [0, 0.1) is 6.92 Å². The van der Waals surface area contributed by atoms with Crippen molar-refractivity contribution in [2.24, 2.45) is 0 Å². The van der Waals surface area contributed by atoms with E-state index in [1.165, 1.54) is 7.11 Å². The Kier molecular flexibility index (Phi) is 5.68. The molecule has 0 fully saturated rings. The number of amides is 1. The maximum Gasteiger partial charge on any atom is 0.254 e. The molecule has 146 valence electrons. The summed E-state index contributed by atoms with van der Waals surface area (Å²) in [5.74, 6) is 0.874. The highest BCUT2D eigenvalue weighted by Gasteiger charge is 2.18. The summed E-state index contributed by atoms with van der Waals surface area (Å²) >= 11 is 0. The fourth-order valence-corrected chi connectivity index (χ4v) is 3.17. The standard InChI is InChI=1S/C22H24N2O4/c1-5-24(22(26)15-7-9-19(27-3)20(12-15)28-4)13-17-11-16-10-14(2)6-8-18(16)23-21(17)25/h6-12H,5,13H2,1-4H3,(H,23,25). The van der Waals surface area contributed by atoms with E-state index in [9.17, 15) is 9.59 Å². The maximum absolute atomic E-state index is 13.0. The number of methoxy groups -OCH3 is 2. The molecule has 6 nitrogen and oxygen atoms in total. The number of carbonyl (C=O) groups excluding carboxylic acids is 1. The number of aryl methyl sites for hydroxylation is 1. The fourth-order valence-electron chi connectivity index (χ4n) is 3.17. The summed E-state index contributed by atoms with van der Waals surface area (Å²) in [5.41, 5.74) is 2.74. The number of nitrogens with one attached hydrogen (secondary N) is 1.